The molecule has 2 N–H and O–H groups in total. The van der Waals surface area contributed by atoms with Gasteiger partial charge in [-0.15, -0.1) is 0 Å². The van der Waals surface area contributed by atoms with E-state index in [1.54, 1.807) is 7.05 Å². The van der Waals surface area contributed by atoms with Crippen LogP contribution in [0.2, 0.25) is 0 Å². The molecular weight excluding hydrogens is 263 g/mol. The molecule has 1 aromatic rings. The lowest BCUT2D eigenvalue weighted by Gasteiger charge is -2.12. The van der Waals surface area contributed by atoms with Crippen LogP contribution in [0.5, 0.6) is 0 Å². The van der Waals surface area contributed by atoms with Gasteiger partial charge in [-0.25, -0.2) is 4.39 Å². The van der Waals surface area contributed by atoms with Gasteiger partial charge < -0.3 is 10.6 Å². The van der Waals surface area contributed by atoms with E-state index in [1.165, 1.54) is 23.9 Å². The van der Waals surface area contributed by atoms with Crippen LogP contribution in [-0.2, 0) is 4.79 Å². The molecule has 0 saturated heterocycles. The van der Waals surface area contributed by atoms with Crippen molar-refractivity contribution in [3.8, 4) is 0 Å². The predicted octanol–water partition coefficient (Wildman–Crippen LogP) is 2.60. The first-order valence-electron chi connectivity index (χ1n) is 6.22. The maximum Gasteiger partial charge on any atom is 0.238 e. The lowest BCUT2D eigenvalue weighted by molar-refractivity contribution is -0.119. The van der Waals surface area contributed by atoms with Crippen LogP contribution in [0, 0.1) is 5.82 Å². The Morgan fingerprint density at radius 1 is 1.53 bits per heavy atom. The van der Waals surface area contributed by atoms with Crippen molar-refractivity contribution < 1.29 is 9.18 Å². The third kappa shape index (κ3) is 3.58. The fourth-order valence-electron chi connectivity index (χ4n) is 1.99. The number of hydrogen-bond donors (Lipinski definition) is 2. The van der Waals surface area contributed by atoms with Gasteiger partial charge in [-0.1, -0.05) is 30.8 Å². The van der Waals surface area contributed by atoms with E-state index in [0.29, 0.717) is 5.92 Å². The summed E-state index contributed by atoms with van der Waals surface area (Å²) in [5.41, 5.74) is 1.13. The number of thioether (sulfide) groups is 1. The summed E-state index contributed by atoms with van der Waals surface area (Å²) in [4.78, 5) is 12.5. The summed E-state index contributed by atoms with van der Waals surface area (Å²) in [6.07, 6.45) is 2.83. The number of carbonyl (C=O) groups is 1. The van der Waals surface area contributed by atoms with Crippen molar-refractivity contribution in [2.24, 2.45) is 0 Å². The van der Waals surface area contributed by atoms with Crippen LogP contribution in [0.1, 0.15) is 24.8 Å². The molecule has 1 amide bonds. The van der Waals surface area contributed by atoms with E-state index >= 15 is 0 Å². The minimum absolute atomic E-state index is 0.0891. The molecule has 5 heteroatoms. The maximum atomic E-state index is 13.3. The molecule has 1 aliphatic rings. The summed E-state index contributed by atoms with van der Waals surface area (Å²) in [6, 6.07) is 4.84. The summed E-state index contributed by atoms with van der Waals surface area (Å²) in [6.45, 7) is 2.37. The van der Waals surface area contributed by atoms with Gasteiger partial charge in [-0.3, -0.25) is 4.79 Å². The van der Waals surface area contributed by atoms with E-state index < -0.39 is 0 Å². The average molecular weight is 280 g/mol. The molecule has 19 heavy (non-hydrogen) atoms. The summed E-state index contributed by atoms with van der Waals surface area (Å²) in [5, 5.41) is 6.42. The monoisotopic (exact) mass is 280 g/mol. The van der Waals surface area contributed by atoms with Crippen LogP contribution in [0.3, 0.4) is 0 Å². The molecule has 1 unspecified atom stereocenters. The Hall–Kier alpha value is -1.33. The number of likely N-dealkylation sites (N-methyl/N-ethyl adjacent to an activating group) is 1. The molecule has 1 atom stereocenters. The van der Waals surface area contributed by atoms with Gasteiger partial charge in [-0.2, -0.15) is 0 Å². The summed E-state index contributed by atoms with van der Waals surface area (Å²) >= 11 is 1.41. The molecule has 1 heterocycles. The number of halogens is 1. The lowest BCUT2D eigenvalue weighted by atomic mass is 9.98. The van der Waals surface area contributed by atoms with E-state index in [9.17, 15) is 9.18 Å². The van der Waals surface area contributed by atoms with Gasteiger partial charge >= 0.3 is 0 Å². The van der Waals surface area contributed by atoms with Crippen LogP contribution in [0.25, 0.3) is 0 Å². The fourth-order valence-corrected chi connectivity index (χ4v) is 3.13. The van der Waals surface area contributed by atoms with Crippen LogP contribution in [0.15, 0.2) is 34.2 Å². The highest BCUT2D eigenvalue weighted by atomic mass is 32.2. The van der Waals surface area contributed by atoms with Gasteiger partial charge in [-0.05, 0) is 37.1 Å². The predicted molar refractivity (Wildman–Crippen MR) is 75.4 cm³/mol. The van der Waals surface area contributed by atoms with Crippen molar-refractivity contribution in [3.05, 3.63) is 40.7 Å². The first kappa shape index (κ1) is 14.1. The first-order valence-corrected chi connectivity index (χ1v) is 7.03. The molecule has 0 saturated carbocycles. The molecule has 102 valence electrons. The normalized spacial score (nSPS) is 18.3. The van der Waals surface area contributed by atoms with Crippen LogP contribution < -0.4 is 10.6 Å². The summed E-state index contributed by atoms with van der Waals surface area (Å²) in [7, 11) is 1.72. The Kier molecular flexibility index (Phi) is 4.61. The topological polar surface area (TPSA) is 41.1 Å². The smallest absolute Gasteiger partial charge is 0.238 e. The van der Waals surface area contributed by atoms with Gasteiger partial charge in [0.15, 0.2) is 0 Å². The SMILES string of the molecule is CNCC(=O)NC1=CCC(C)c2ccc(F)cc2S1. The zero-order valence-corrected chi connectivity index (χ0v) is 11.8. The lowest BCUT2D eigenvalue weighted by Crippen LogP contribution is -2.30. The minimum Gasteiger partial charge on any atom is -0.320 e. The standard InChI is InChI=1S/C14H17FN2OS/c1-9-3-6-14(17-13(18)8-16-2)19-12-7-10(15)4-5-11(9)12/h4-7,9,16H,3,8H2,1-2H3,(H,17,18). The second kappa shape index (κ2) is 6.21. The van der Waals surface area contributed by atoms with E-state index in [0.717, 1.165) is 21.9 Å². The van der Waals surface area contributed by atoms with Gasteiger partial charge in [0, 0.05) is 4.90 Å². The van der Waals surface area contributed by atoms with Crippen molar-refractivity contribution in [2.45, 2.75) is 24.2 Å². The van der Waals surface area contributed by atoms with Crippen molar-refractivity contribution >= 4 is 17.7 Å². The number of rotatable bonds is 3. The van der Waals surface area contributed by atoms with Crippen LogP contribution in [-0.4, -0.2) is 19.5 Å². The van der Waals surface area contributed by atoms with Gasteiger partial charge in [0.05, 0.1) is 11.6 Å². The molecule has 0 aliphatic carbocycles. The number of amides is 1. The second-order valence-corrected chi connectivity index (χ2v) is 5.65. The third-order valence-corrected chi connectivity index (χ3v) is 4.05. The zero-order chi connectivity index (χ0) is 13.8. The Morgan fingerprint density at radius 3 is 3.05 bits per heavy atom. The molecule has 0 aromatic heterocycles. The quantitative estimate of drug-likeness (QED) is 0.894. The second-order valence-electron chi connectivity index (χ2n) is 4.57. The van der Waals surface area contributed by atoms with Gasteiger partial charge in [0.2, 0.25) is 5.91 Å². The van der Waals surface area contributed by atoms with Gasteiger partial charge in [0.25, 0.3) is 0 Å². The molecule has 0 bridgehead atoms. The van der Waals surface area contributed by atoms with E-state index in [-0.39, 0.29) is 18.3 Å². The molecule has 0 fully saturated rings. The molecular formula is C14H17FN2OS. The Labute approximate surface area is 116 Å². The number of carbonyl (C=O) groups excluding carboxylic acids is 1. The van der Waals surface area contributed by atoms with E-state index in [4.69, 9.17) is 0 Å². The Balaban J connectivity index is 2.19. The van der Waals surface area contributed by atoms with E-state index in [1.807, 2.05) is 12.1 Å². The number of hydrogen-bond acceptors (Lipinski definition) is 3. The highest BCUT2D eigenvalue weighted by Crippen LogP contribution is 2.38. The fraction of sp³-hybridized carbons (Fsp3) is 0.357. The largest absolute Gasteiger partial charge is 0.320 e. The Morgan fingerprint density at radius 2 is 2.32 bits per heavy atom. The molecule has 1 aromatic carbocycles. The van der Waals surface area contributed by atoms with Crippen molar-refractivity contribution in [1.29, 1.82) is 0 Å². The van der Waals surface area contributed by atoms with Crippen LogP contribution in [0.4, 0.5) is 4.39 Å². The van der Waals surface area contributed by atoms with Crippen molar-refractivity contribution in [1.82, 2.24) is 10.6 Å². The van der Waals surface area contributed by atoms with Crippen molar-refractivity contribution in [3.63, 3.8) is 0 Å². The first-order chi connectivity index (χ1) is 9.10. The van der Waals surface area contributed by atoms with Gasteiger partial charge in [0.1, 0.15) is 5.82 Å². The van der Waals surface area contributed by atoms with E-state index in [2.05, 4.69) is 17.6 Å². The highest BCUT2D eigenvalue weighted by Gasteiger charge is 2.17. The zero-order valence-electron chi connectivity index (χ0n) is 11.0. The molecule has 1 aliphatic heterocycles. The number of benzene rings is 1. The number of fused-ring (bicyclic) bond motifs is 1. The maximum absolute atomic E-state index is 13.3. The molecule has 0 spiro atoms. The molecule has 0 radical (unpaired) electrons. The third-order valence-electron chi connectivity index (χ3n) is 2.98. The average Bonchev–Trinajstić information content (AvgIpc) is 2.49. The number of nitrogens with one attached hydrogen (secondary N) is 2. The number of allylic oxidation sites excluding steroid dienone is 1. The summed E-state index contributed by atoms with van der Waals surface area (Å²) < 4.78 is 13.3. The Bertz CT molecular complexity index is 516. The summed E-state index contributed by atoms with van der Waals surface area (Å²) in [5.74, 6) is -0.0168. The van der Waals surface area contributed by atoms with Crippen LogP contribution >= 0.6 is 11.8 Å². The molecule has 3 nitrogen and oxygen atoms in total. The molecule has 2 rings (SSSR count). The minimum atomic E-state index is -0.249. The van der Waals surface area contributed by atoms with Crippen molar-refractivity contribution in [2.75, 3.05) is 13.6 Å². The highest BCUT2D eigenvalue weighted by molar-refractivity contribution is 8.03.